The molecule has 0 aliphatic rings. The highest BCUT2D eigenvalue weighted by molar-refractivity contribution is 5.91. The number of nitrogens with two attached hydrogens (primary N) is 1. The number of carbonyl (C=O) groups is 1. The summed E-state index contributed by atoms with van der Waals surface area (Å²) in [7, 11) is 0. The van der Waals surface area contributed by atoms with E-state index in [0.717, 1.165) is 5.56 Å². The molecule has 0 fully saturated rings. The number of nitrogens with zero attached hydrogens (tertiary/aromatic N) is 2. The third kappa shape index (κ3) is 1.24. The van der Waals surface area contributed by atoms with E-state index in [0.29, 0.717) is 17.5 Å². The van der Waals surface area contributed by atoms with E-state index in [2.05, 4.69) is 15.2 Å². The molecule has 0 aliphatic carbocycles. The van der Waals surface area contributed by atoms with Gasteiger partial charge in [0.25, 0.3) is 0 Å². The third-order valence-electron chi connectivity index (χ3n) is 1.92. The molecule has 5 heteroatoms. The van der Waals surface area contributed by atoms with Crippen molar-refractivity contribution >= 4 is 12.1 Å². The van der Waals surface area contributed by atoms with Crippen LogP contribution in [-0.2, 0) is 0 Å². The van der Waals surface area contributed by atoms with Crippen LogP contribution in [0.1, 0.15) is 10.4 Å². The fourth-order valence-corrected chi connectivity index (χ4v) is 1.22. The molecule has 0 aliphatic heterocycles. The van der Waals surface area contributed by atoms with E-state index in [1.165, 1.54) is 0 Å². The second-order valence-electron chi connectivity index (χ2n) is 2.75. The van der Waals surface area contributed by atoms with Gasteiger partial charge in [0.1, 0.15) is 0 Å². The smallest absolute Gasteiger partial charge is 0.156 e. The van der Waals surface area contributed by atoms with E-state index in [4.69, 9.17) is 5.73 Å². The Hall–Kier alpha value is -2.17. The van der Waals surface area contributed by atoms with Gasteiger partial charge in [-0.1, -0.05) is 0 Å². The van der Waals surface area contributed by atoms with Crippen molar-refractivity contribution in [3.63, 3.8) is 0 Å². The Labute approximate surface area is 80.0 Å². The average molecular weight is 188 g/mol. The first-order valence-electron chi connectivity index (χ1n) is 4.02. The number of H-pyrrole nitrogens is 1. The lowest BCUT2D eigenvalue weighted by Crippen LogP contribution is -1.90. The van der Waals surface area contributed by atoms with Crippen LogP contribution >= 0.6 is 0 Å². The highest BCUT2D eigenvalue weighted by Crippen LogP contribution is 2.22. The molecule has 0 bridgehead atoms. The highest BCUT2D eigenvalue weighted by Gasteiger charge is 2.10. The van der Waals surface area contributed by atoms with E-state index in [1.54, 1.807) is 24.5 Å². The molecule has 0 radical (unpaired) electrons. The fraction of sp³-hybridized carbons (Fsp3) is 0. The van der Waals surface area contributed by atoms with Crippen molar-refractivity contribution in [2.45, 2.75) is 0 Å². The summed E-state index contributed by atoms with van der Waals surface area (Å²) < 4.78 is 0. The third-order valence-corrected chi connectivity index (χ3v) is 1.92. The van der Waals surface area contributed by atoms with E-state index in [-0.39, 0.29) is 5.82 Å². The van der Waals surface area contributed by atoms with Gasteiger partial charge in [-0.3, -0.25) is 14.9 Å². The lowest BCUT2D eigenvalue weighted by molar-refractivity contribution is 0.112. The topological polar surface area (TPSA) is 84.7 Å². The van der Waals surface area contributed by atoms with Crippen LogP contribution in [-0.4, -0.2) is 21.5 Å². The van der Waals surface area contributed by atoms with Gasteiger partial charge < -0.3 is 5.73 Å². The number of aromatic amines is 1. The number of rotatable bonds is 2. The molecular formula is C9H8N4O. The Morgan fingerprint density at radius 1 is 1.36 bits per heavy atom. The minimum atomic E-state index is 0.215. The van der Waals surface area contributed by atoms with Crippen LogP contribution in [0.5, 0.6) is 0 Å². The van der Waals surface area contributed by atoms with Crippen LogP contribution in [0.4, 0.5) is 5.82 Å². The standard InChI is InChI=1S/C9H8N4O/c10-9-7(5-14)8(12-13-9)6-1-3-11-4-2-6/h1-5H,(H3,10,12,13). The first-order chi connectivity index (χ1) is 6.83. The van der Waals surface area contributed by atoms with Gasteiger partial charge in [0.05, 0.1) is 11.3 Å². The number of hydrogen-bond donors (Lipinski definition) is 2. The van der Waals surface area contributed by atoms with E-state index >= 15 is 0 Å². The summed E-state index contributed by atoms with van der Waals surface area (Å²) in [4.78, 5) is 14.6. The maximum atomic E-state index is 10.7. The molecule has 2 aromatic rings. The quantitative estimate of drug-likeness (QED) is 0.684. The lowest BCUT2D eigenvalue weighted by Gasteiger charge is -1.96. The molecule has 2 aromatic heterocycles. The number of anilines is 1. The Morgan fingerprint density at radius 2 is 2.07 bits per heavy atom. The van der Waals surface area contributed by atoms with Crippen molar-refractivity contribution in [1.82, 2.24) is 15.2 Å². The van der Waals surface area contributed by atoms with E-state index in [9.17, 15) is 4.79 Å². The van der Waals surface area contributed by atoms with Crippen LogP contribution in [0.15, 0.2) is 24.5 Å². The molecule has 0 saturated carbocycles. The molecular weight excluding hydrogens is 180 g/mol. The zero-order valence-electron chi connectivity index (χ0n) is 7.27. The number of aldehydes is 1. The Bertz CT molecular complexity index is 449. The second kappa shape index (κ2) is 3.29. The lowest BCUT2D eigenvalue weighted by atomic mass is 10.1. The molecule has 0 saturated heterocycles. The van der Waals surface area contributed by atoms with Gasteiger partial charge in [-0.2, -0.15) is 5.10 Å². The monoisotopic (exact) mass is 188 g/mol. The molecule has 5 nitrogen and oxygen atoms in total. The van der Waals surface area contributed by atoms with Crippen LogP contribution in [0.2, 0.25) is 0 Å². The van der Waals surface area contributed by atoms with Gasteiger partial charge in [-0.05, 0) is 12.1 Å². The number of nitrogen functional groups attached to an aromatic ring is 1. The average Bonchev–Trinajstić information content (AvgIpc) is 2.61. The van der Waals surface area contributed by atoms with E-state index < -0.39 is 0 Å². The number of aromatic nitrogens is 3. The maximum absolute atomic E-state index is 10.7. The van der Waals surface area contributed by atoms with Crippen LogP contribution in [0.3, 0.4) is 0 Å². The number of carbonyl (C=O) groups excluding carboxylic acids is 1. The van der Waals surface area contributed by atoms with Crippen molar-refractivity contribution in [1.29, 1.82) is 0 Å². The summed E-state index contributed by atoms with van der Waals surface area (Å²) in [6.45, 7) is 0. The molecule has 0 aromatic carbocycles. The largest absolute Gasteiger partial charge is 0.382 e. The summed E-state index contributed by atoms with van der Waals surface area (Å²) in [6, 6.07) is 3.56. The van der Waals surface area contributed by atoms with Crippen LogP contribution in [0, 0.1) is 0 Å². The molecule has 0 unspecified atom stereocenters. The first kappa shape index (κ1) is 8.43. The predicted molar refractivity (Wildman–Crippen MR) is 51.6 cm³/mol. The normalized spacial score (nSPS) is 10.0. The van der Waals surface area contributed by atoms with Crippen molar-refractivity contribution in [3.8, 4) is 11.3 Å². The van der Waals surface area contributed by atoms with Gasteiger partial charge in [0.15, 0.2) is 12.1 Å². The summed E-state index contributed by atoms with van der Waals surface area (Å²) in [5.74, 6) is 0.215. The second-order valence-corrected chi connectivity index (χ2v) is 2.75. The Kier molecular flexibility index (Phi) is 1.98. The summed E-state index contributed by atoms with van der Waals surface area (Å²) >= 11 is 0. The van der Waals surface area contributed by atoms with Crippen LogP contribution in [0.25, 0.3) is 11.3 Å². The zero-order valence-corrected chi connectivity index (χ0v) is 7.27. The van der Waals surface area contributed by atoms with Gasteiger partial charge >= 0.3 is 0 Å². The molecule has 2 heterocycles. The minimum absolute atomic E-state index is 0.215. The molecule has 2 rings (SSSR count). The zero-order chi connectivity index (χ0) is 9.97. The van der Waals surface area contributed by atoms with Gasteiger partial charge in [0.2, 0.25) is 0 Å². The summed E-state index contributed by atoms with van der Waals surface area (Å²) in [5.41, 5.74) is 7.35. The van der Waals surface area contributed by atoms with Crippen molar-refractivity contribution < 1.29 is 4.79 Å². The van der Waals surface area contributed by atoms with Crippen LogP contribution < -0.4 is 5.73 Å². The van der Waals surface area contributed by atoms with Gasteiger partial charge in [-0.25, -0.2) is 0 Å². The Morgan fingerprint density at radius 3 is 2.71 bits per heavy atom. The Balaban J connectivity index is 2.57. The molecule has 14 heavy (non-hydrogen) atoms. The van der Waals surface area contributed by atoms with E-state index in [1.807, 2.05) is 0 Å². The predicted octanol–water partition coefficient (Wildman–Crippen LogP) is 0.866. The molecule has 3 N–H and O–H groups in total. The van der Waals surface area contributed by atoms with Gasteiger partial charge in [-0.15, -0.1) is 0 Å². The number of pyridine rings is 1. The maximum Gasteiger partial charge on any atom is 0.156 e. The first-order valence-corrected chi connectivity index (χ1v) is 4.02. The molecule has 0 atom stereocenters. The van der Waals surface area contributed by atoms with Crippen molar-refractivity contribution in [3.05, 3.63) is 30.1 Å². The highest BCUT2D eigenvalue weighted by atomic mass is 16.1. The molecule has 70 valence electrons. The number of hydrogen-bond acceptors (Lipinski definition) is 4. The number of nitrogens with one attached hydrogen (secondary N) is 1. The van der Waals surface area contributed by atoms with Gasteiger partial charge in [0, 0.05) is 18.0 Å². The molecule has 0 amide bonds. The van der Waals surface area contributed by atoms with Crippen molar-refractivity contribution in [2.75, 3.05) is 5.73 Å². The summed E-state index contributed by atoms with van der Waals surface area (Å²) in [5, 5.41) is 6.47. The summed E-state index contributed by atoms with van der Waals surface area (Å²) in [6.07, 6.45) is 3.97. The SMILES string of the molecule is Nc1n[nH]c(-c2ccncc2)c1C=O. The molecule has 0 spiro atoms. The minimum Gasteiger partial charge on any atom is -0.382 e. The fourth-order valence-electron chi connectivity index (χ4n) is 1.22. The van der Waals surface area contributed by atoms with Crippen molar-refractivity contribution in [2.24, 2.45) is 0 Å².